The molecule has 4 nitrogen and oxygen atoms in total. The summed E-state index contributed by atoms with van der Waals surface area (Å²) in [5.41, 5.74) is 6.03. The van der Waals surface area contributed by atoms with Crippen molar-refractivity contribution in [3.8, 4) is 0 Å². The van der Waals surface area contributed by atoms with Crippen LogP contribution in [0.4, 0.5) is 0 Å². The molecule has 4 heteroatoms. The van der Waals surface area contributed by atoms with Crippen molar-refractivity contribution in [2.75, 3.05) is 32.9 Å². The Kier molecular flexibility index (Phi) is 5.40. The third-order valence-corrected chi connectivity index (χ3v) is 2.82. The maximum atomic E-state index is 9.31. The van der Waals surface area contributed by atoms with Crippen LogP contribution in [0.25, 0.3) is 0 Å². The van der Waals surface area contributed by atoms with Gasteiger partial charge in [-0.2, -0.15) is 0 Å². The minimum Gasteiger partial charge on any atom is -0.395 e. The van der Waals surface area contributed by atoms with Crippen LogP contribution in [0.5, 0.6) is 0 Å². The molecule has 0 radical (unpaired) electrons. The first-order chi connectivity index (χ1) is 6.79. The Morgan fingerprint density at radius 2 is 2.07 bits per heavy atom. The number of hydrogen-bond donors (Lipinski definition) is 2. The molecule has 1 fully saturated rings. The predicted octanol–water partition coefficient (Wildman–Crippen LogP) is -0.193. The van der Waals surface area contributed by atoms with Gasteiger partial charge in [0, 0.05) is 25.2 Å². The fraction of sp³-hybridized carbons (Fsp3) is 1.00. The standard InChI is InChI=1S/C10H22N2O2/c1-2-3-9(11)10(8-13)12-4-6-14-7-5-12/h9-10,13H,2-8,11H2,1H3. The molecule has 1 saturated heterocycles. The lowest BCUT2D eigenvalue weighted by atomic mass is 10.0. The van der Waals surface area contributed by atoms with Crippen LogP contribution in [-0.4, -0.2) is 55.0 Å². The number of ether oxygens (including phenoxy) is 1. The number of hydrogen-bond acceptors (Lipinski definition) is 4. The highest BCUT2D eigenvalue weighted by Gasteiger charge is 2.24. The molecule has 0 aromatic heterocycles. The minimum absolute atomic E-state index is 0.0862. The highest BCUT2D eigenvalue weighted by Crippen LogP contribution is 2.09. The van der Waals surface area contributed by atoms with Crippen LogP contribution in [0.1, 0.15) is 19.8 Å². The molecular formula is C10H22N2O2. The molecule has 14 heavy (non-hydrogen) atoms. The Bertz CT molecular complexity index is 149. The zero-order valence-corrected chi connectivity index (χ0v) is 8.98. The molecule has 0 aromatic carbocycles. The van der Waals surface area contributed by atoms with Crippen molar-refractivity contribution in [2.45, 2.75) is 31.8 Å². The number of aliphatic hydroxyl groups excluding tert-OH is 1. The van der Waals surface area contributed by atoms with Crippen LogP contribution in [0, 0.1) is 0 Å². The summed E-state index contributed by atoms with van der Waals surface area (Å²) in [7, 11) is 0. The van der Waals surface area contributed by atoms with Gasteiger partial charge in [-0.25, -0.2) is 0 Å². The summed E-state index contributed by atoms with van der Waals surface area (Å²) < 4.78 is 5.27. The zero-order valence-electron chi connectivity index (χ0n) is 8.98. The van der Waals surface area contributed by atoms with Crippen LogP contribution in [0.15, 0.2) is 0 Å². The maximum absolute atomic E-state index is 9.31. The van der Waals surface area contributed by atoms with Gasteiger partial charge in [0.15, 0.2) is 0 Å². The van der Waals surface area contributed by atoms with E-state index in [1.54, 1.807) is 0 Å². The second-order valence-electron chi connectivity index (χ2n) is 3.85. The second-order valence-corrected chi connectivity index (χ2v) is 3.85. The maximum Gasteiger partial charge on any atom is 0.0601 e. The largest absolute Gasteiger partial charge is 0.395 e. The van der Waals surface area contributed by atoms with Crippen molar-refractivity contribution in [3.63, 3.8) is 0 Å². The van der Waals surface area contributed by atoms with Crippen LogP contribution in [0.2, 0.25) is 0 Å². The molecule has 1 rings (SSSR count). The van der Waals surface area contributed by atoms with E-state index in [1.165, 1.54) is 0 Å². The topological polar surface area (TPSA) is 58.7 Å². The van der Waals surface area contributed by atoms with Gasteiger partial charge in [0.05, 0.1) is 19.8 Å². The zero-order chi connectivity index (χ0) is 10.4. The molecule has 0 bridgehead atoms. The fourth-order valence-corrected chi connectivity index (χ4v) is 1.96. The smallest absolute Gasteiger partial charge is 0.0601 e. The SMILES string of the molecule is CCCC(N)C(CO)N1CCOCC1. The molecule has 0 amide bonds. The van der Waals surface area contributed by atoms with Gasteiger partial charge in [0.25, 0.3) is 0 Å². The Morgan fingerprint density at radius 3 is 2.57 bits per heavy atom. The minimum atomic E-state index is 0.0862. The summed E-state index contributed by atoms with van der Waals surface area (Å²) >= 11 is 0. The van der Waals surface area contributed by atoms with E-state index in [4.69, 9.17) is 10.5 Å². The van der Waals surface area contributed by atoms with E-state index in [0.29, 0.717) is 0 Å². The summed E-state index contributed by atoms with van der Waals surface area (Å²) in [5, 5.41) is 9.31. The van der Waals surface area contributed by atoms with Crippen molar-refractivity contribution < 1.29 is 9.84 Å². The third-order valence-electron chi connectivity index (χ3n) is 2.82. The summed E-state index contributed by atoms with van der Waals surface area (Å²) in [4.78, 5) is 2.24. The van der Waals surface area contributed by atoms with Crippen molar-refractivity contribution in [3.05, 3.63) is 0 Å². The molecule has 0 aromatic rings. The van der Waals surface area contributed by atoms with Crippen LogP contribution in [0.3, 0.4) is 0 Å². The molecule has 3 N–H and O–H groups in total. The van der Waals surface area contributed by atoms with E-state index in [0.717, 1.165) is 39.1 Å². The molecule has 1 aliphatic heterocycles. The molecule has 84 valence electrons. The van der Waals surface area contributed by atoms with Gasteiger partial charge in [-0.15, -0.1) is 0 Å². The number of aliphatic hydroxyl groups is 1. The highest BCUT2D eigenvalue weighted by molar-refractivity contribution is 4.82. The van der Waals surface area contributed by atoms with Gasteiger partial charge in [-0.1, -0.05) is 13.3 Å². The average molecular weight is 202 g/mol. The van der Waals surface area contributed by atoms with Crippen molar-refractivity contribution in [1.29, 1.82) is 0 Å². The van der Waals surface area contributed by atoms with E-state index in [9.17, 15) is 5.11 Å². The third kappa shape index (κ3) is 3.20. The first kappa shape index (κ1) is 11.9. The Labute approximate surface area is 86.0 Å². The molecule has 0 saturated carbocycles. The highest BCUT2D eigenvalue weighted by atomic mass is 16.5. The van der Waals surface area contributed by atoms with Gasteiger partial charge in [0.1, 0.15) is 0 Å². The van der Waals surface area contributed by atoms with Crippen molar-refractivity contribution in [1.82, 2.24) is 4.90 Å². The summed E-state index contributed by atoms with van der Waals surface area (Å²) in [6.07, 6.45) is 2.05. The van der Waals surface area contributed by atoms with Gasteiger partial charge in [-0.3, -0.25) is 4.90 Å². The molecule has 2 unspecified atom stereocenters. The lowest BCUT2D eigenvalue weighted by Gasteiger charge is -2.36. The molecule has 2 atom stereocenters. The summed E-state index contributed by atoms with van der Waals surface area (Å²) in [6.45, 7) is 5.57. The van der Waals surface area contributed by atoms with Crippen LogP contribution in [-0.2, 0) is 4.74 Å². The molecular weight excluding hydrogens is 180 g/mol. The van der Waals surface area contributed by atoms with Gasteiger partial charge >= 0.3 is 0 Å². The van der Waals surface area contributed by atoms with Crippen molar-refractivity contribution >= 4 is 0 Å². The normalized spacial score (nSPS) is 23.4. The summed E-state index contributed by atoms with van der Waals surface area (Å²) in [5.74, 6) is 0. The van der Waals surface area contributed by atoms with Crippen LogP contribution < -0.4 is 5.73 Å². The second kappa shape index (κ2) is 6.35. The number of nitrogens with two attached hydrogens (primary N) is 1. The first-order valence-electron chi connectivity index (χ1n) is 5.47. The summed E-state index contributed by atoms with van der Waals surface area (Å²) in [6, 6.07) is 0.196. The van der Waals surface area contributed by atoms with E-state index in [2.05, 4.69) is 11.8 Å². The van der Waals surface area contributed by atoms with Gasteiger partial charge < -0.3 is 15.6 Å². The van der Waals surface area contributed by atoms with E-state index in [1.807, 2.05) is 0 Å². The molecule has 0 aliphatic carbocycles. The Hall–Kier alpha value is -0.160. The fourth-order valence-electron chi connectivity index (χ4n) is 1.96. The molecule has 0 spiro atoms. The lowest BCUT2D eigenvalue weighted by Crippen LogP contribution is -2.53. The number of morpholine rings is 1. The van der Waals surface area contributed by atoms with Crippen molar-refractivity contribution in [2.24, 2.45) is 5.73 Å². The Balaban J connectivity index is 2.41. The quantitative estimate of drug-likeness (QED) is 0.648. The molecule has 1 aliphatic rings. The lowest BCUT2D eigenvalue weighted by molar-refractivity contribution is -0.00406. The van der Waals surface area contributed by atoms with Gasteiger partial charge in [-0.05, 0) is 6.42 Å². The van der Waals surface area contributed by atoms with Crippen LogP contribution >= 0.6 is 0 Å². The average Bonchev–Trinajstić information content (AvgIpc) is 2.21. The number of rotatable bonds is 5. The first-order valence-corrected chi connectivity index (χ1v) is 5.47. The van der Waals surface area contributed by atoms with E-state index in [-0.39, 0.29) is 18.7 Å². The van der Waals surface area contributed by atoms with Gasteiger partial charge in [0.2, 0.25) is 0 Å². The molecule has 1 heterocycles. The number of nitrogens with zero attached hydrogens (tertiary/aromatic N) is 1. The monoisotopic (exact) mass is 202 g/mol. The predicted molar refractivity (Wildman–Crippen MR) is 56.1 cm³/mol. The van der Waals surface area contributed by atoms with E-state index >= 15 is 0 Å². The Morgan fingerprint density at radius 1 is 1.43 bits per heavy atom. The van der Waals surface area contributed by atoms with E-state index < -0.39 is 0 Å².